The number of benzene rings is 1. The SMILES string of the molecule is Cn1cccc1CNC(=O)c1ccc2nc(Cl)[nH]c2c1. The van der Waals surface area contributed by atoms with Crippen molar-refractivity contribution in [3.05, 3.63) is 53.1 Å². The average Bonchev–Trinajstić information content (AvgIpc) is 2.99. The van der Waals surface area contributed by atoms with Gasteiger partial charge in [0.15, 0.2) is 0 Å². The normalized spacial score (nSPS) is 10.9. The van der Waals surface area contributed by atoms with Crippen molar-refractivity contribution in [2.75, 3.05) is 0 Å². The van der Waals surface area contributed by atoms with E-state index in [0.717, 1.165) is 16.7 Å². The molecule has 0 aliphatic rings. The molecule has 1 aromatic carbocycles. The van der Waals surface area contributed by atoms with Crippen LogP contribution in [0.1, 0.15) is 16.1 Å². The summed E-state index contributed by atoms with van der Waals surface area (Å²) >= 11 is 5.79. The minimum absolute atomic E-state index is 0.126. The molecule has 0 aliphatic carbocycles. The molecular formula is C14H13ClN4O. The molecule has 5 nitrogen and oxygen atoms in total. The van der Waals surface area contributed by atoms with E-state index < -0.39 is 0 Å². The number of carbonyl (C=O) groups is 1. The van der Waals surface area contributed by atoms with Crippen LogP contribution in [0.25, 0.3) is 11.0 Å². The van der Waals surface area contributed by atoms with Gasteiger partial charge in [0.25, 0.3) is 5.91 Å². The number of carbonyl (C=O) groups excluding carboxylic acids is 1. The van der Waals surface area contributed by atoms with Crippen molar-refractivity contribution >= 4 is 28.5 Å². The number of aromatic amines is 1. The summed E-state index contributed by atoms with van der Waals surface area (Å²) in [6.07, 6.45) is 1.94. The van der Waals surface area contributed by atoms with Gasteiger partial charge in [-0.2, -0.15) is 0 Å². The van der Waals surface area contributed by atoms with Gasteiger partial charge in [-0.05, 0) is 41.9 Å². The van der Waals surface area contributed by atoms with Crippen LogP contribution < -0.4 is 5.32 Å². The smallest absolute Gasteiger partial charge is 0.251 e. The van der Waals surface area contributed by atoms with Crippen molar-refractivity contribution < 1.29 is 4.79 Å². The van der Waals surface area contributed by atoms with Crippen LogP contribution in [-0.4, -0.2) is 20.4 Å². The molecule has 20 heavy (non-hydrogen) atoms. The molecule has 0 unspecified atom stereocenters. The van der Waals surface area contributed by atoms with Gasteiger partial charge in [0.2, 0.25) is 5.28 Å². The molecule has 3 aromatic rings. The highest BCUT2D eigenvalue weighted by atomic mass is 35.5. The van der Waals surface area contributed by atoms with Gasteiger partial charge >= 0.3 is 0 Å². The summed E-state index contributed by atoms with van der Waals surface area (Å²) < 4.78 is 1.97. The number of H-pyrrole nitrogens is 1. The topological polar surface area (TPSA) is 62.7 Å². The fraction of sp³-hybridized carbons (Fsp3) is 0.143. The van der Waals surface area contributed by atoms with Crippen molar-refractivity contribution in [3.8, 4) is 0 Å². The molecule has 102 valence electrons. The number of halogens is 1. The first-order valence-corrected chi connectivity index (χ1v) is 6.55. The Kier molecular flexibility index (Phi) is 3.20. The van der Waals surface area contributed by atoms with Gasteiger partial charge < -0.3 is 14.9 Å². The number of fused-ring (bicyclic) bond motifs is 1. The number of amides is 1. The fourth-order valence-corrected chi connectivity index (χ4v) is 2.27. The summed E-state index contributed by atoms with van der Waals surface area (Å²) in [5.74, 6) is -0.126. The largest absolute Gasteiger partial charge is 0.353 e. The number of hydrogen-bond acceptors (Lipinski definition) is 2. The molecule has 0 aliphatic heterocycles. The second kappa shape index (κ2) is 5.02. The zero-order valence-corrected chi connectivity index (χ0v) is 11.6. The van der Waals surface area contributed by atoms with Crippen LogP contribution in [-0.2, 0) is 13.6 Å². The van der Waals surface area contributed by atoms with Gasteiger partial charge in [-0.25, -0.2) is 4.98 Å². The van der Waals surface area contributed by atoms with E-state index in [2.05, 4.69) is 15.3 Å². The van der Waals surface area contributed by atoms with Crippen LogP contribution in [0.5, 0.6) is 0 Å². The highest BCUT2D eigenvalue weighted by molar-refractivity contribution is 6.29. The highest BCUT2D eigenvalue weighted by Gasteiger charge is 2.09. The Balaban J connectivity index is 1.76. The maximum Gasteiger partial charge on any atom is 0.251 e. The van der Waals surface area contributed by atoms with Gasteiger partial charge in [-0.15, -0.1) is 0 Å². The molecule has 0 radical (unpaired) electrons. The van der Waals surface area contributed by atoms with Gasteiger partial charge in [-0.3, -0.25) is 4.79 Å². The Morgan fingerprint density at radius 3 is 3.05 bits per heavy atom. The van der Waals surface area contributed by atoms with Gasteiger partial charge in [0, 0.05) is 24.5 Å². The van der Waals surface area contributed by atoms with E-state index in [1.54, 1.807) is 18.2 Å². The zero-order chi connectivity index (χ0) is 14.1. The number of hydrogen-bond donors (Lipinski definition) is 2. The van der Waals surface area contributed by atoms with E-state index in [0.29, 0.717) is 17.4 Å². The first-order valence-electron chi connectivity index (χ1n) is 6.17. The van der Waals surface area contributed by atoms with Crippen LogP contribution in [0.3, 0.4) is 0 Å². The summed E-state index contributed by atoms with van der Waals surface area (Å²) in [4.78, 5) is 19.1. The molecule has 0 bridgehead atoms. The molecule has 0 atom stereocenters. The second-order valence-electron chi connectivity index (χ2n) is 4.55. The van der Waals surface area contributed by atoms with Crippen molar-refractivity contribution in [1.29, 1.82) is 0 Å². The van der Waals surface area contributed by atoms with E-state index >= 15 is 0 Å². The standard InChI is InChI=1S/C14H13ClN4O/c1-19-6-2-3-10(19)8-16-13(20)9-4-5-11-12(7-9)18-14(15)17-11/h2-7H,8H2,1H3,(H,16,20)(H,17,18). The summed E-state index contributed by atoms with van der Waals surface area (Å²) in [6.45, 7) is 0.490. The summed E-state index contributed by atoms with van der Waals surface area (Å²) in [6, 6.07) is 9.17. The predicted molar refractivity (Wildman–Crippen MR) is 77.7 cm³/mol. The van der Waals surface area contributed by atoms with Gasteiger partial charge in [0.05, 0.1) is 17.6 Å². The van der Waals surface area contributed by atoms with E-state index in [9.17, 15) is 4.79 Å². The monoisotopic (exact) mass is 288 g/mol. The number of imidazole rings is 1. The maximum absolute atomic E-state index is 12.1. The van der Waals surface area contributed by atoms with Gasteiger partial charge in [0.1, 0.15) is 0 Å². The second-order valence-corrected chi connectivity index (χ2v) is 4.91. The minimum Gasteiger partial charge on any atom is -0.353 e. The summed E-state index contributed by atoms with van der Waals surface area (Å²) in [5, 5.41) is 3.21. The Hall–Kier alpha value is -2.27. The van der Waals surface area contributed by atoms with Crippen molar-refractivity contribution in [2.45, 2.75) is 6.54 Å². The highest BCUT2D eigenvalue weighted by Crippen LogP contribution is 2.16. The van der Waals surface area contributed by atoms with E-state index in [-0.39, 0.29) is 5.91 Å². The van der Waals surface area contributed by atoms with Crippen molar-refractivity contribution in [2.24, 2.45) is 7.05 Å². The molecule has 0 saturated carbocycles. The Bertz CT molecular complexity index is 774. The lowest BCUT2D eigenvalue weighted by Gasteiger charge is -2.06. The fourth-order valence-electron chi connectivity index (χ4n) is 2.07. The molecule has 2 heterocycles. The molecule has 1 amide bonds. The molecule has 2 aromatic heterocycles. The molecule has 3 rings (SSSR count). The minimum atomic E-state index is -0.126. The van der Waals surface area contributed by atoms with Crippen LogP contribution >= 0.6 is 11.6 Å². The summed E-state index contributed by atoms with van der Waals surface area (Å²) in [7, 11) is 1.94. The summed E-state index contributed by atoms with van der Waals surface area (Å²) in [5.41, 5.74) is 3.12. The third-order valence-electron chi connectivity index (χ3n) is 3.20. The number of nitrogens with one attached hydrogen (secondary N) is 2. The van der Waals surface area contributed by atoms with Crippen LogP contribution in [0.4, 0.5) is 0 Å². The van der Waals surface area contributed by atoms with Crippen molar-refractivity contribution in [3.63, 3.8) is 0 Å². The zero-order valence-electron chi connectivity index (χ0n) is 10.9. The lowest BCUT2D eigenvalue weighted by atomic mass is 10.2. The average molecular weight is 289 g/mol. The van der Waals surface area contributed by atoms with E-state index in [1.807, 2.05) is 29.9 Å². The molecule has 0 spiro atoms. The lowest BCUT2D eigenvalue weighted by Crippen LogP contribution is -2.23. The van der Waals surface area contributed by atoms with Crippen LogP contribution in [0, 0.1) is 0 Å². The Labute approximate surface area is 120 Å². The van der Waals surface area contributed by atoms with E-state index in [4.69, 9.17) is 11.6 Å². The lowest BCUT2D eigenvalue weighted by molar-refractivity contribution is 0.0950. The quantitative estimate of drug-likeness (QED) is 0.778. The van der Waals surface area contributed by atoms with Crippen molar-refractivity contribution in [1.82, 2.24) is 19.9 Å². The first-order chi connectivity index (χ1) is 9.63. The Morgan fingerprint density at radius 1 is 1.45 bits per heavy atom. The molecule has 0 fully saturated rings. The molecule has 2 N–H and O–H groups in total. The maximum atomic E-state index is 12.1. The van der Waals surface area contributed by atoms with Gasteiger partial charge in [-0.1, -0.05) is 0 Å². The van der Waals surface area contributed by atoms with E-state index in [1.165, 1.54) is 0 Å². The third kappa shape index (κ3) is 2.40. The number of aromatic nitrogens is 3. The third-order valence-corrected chi connectivity index (χ3v) is 3.38. The number of aryl methyl sites for hydroxylation is 1. The molecule has 0 saturated heterocycles. The van der Waals surface area contributed by atoms with Crippen LogP contribution in [0.2, 0.25) is 5.28 Å². The molecule has 6 heteroatoms. The number of rotatable bonds is 3. The predicted octanol–water partition coefficient (Wildman–Crippen LogP) is 2.48. The first kappa shape index (κ1) is 12.7. The van der Waals surface area contributed by atoms with Crippen LogP contribution in [0.15, 0.2) is 36.5 Å². The number of nitrogens with zero attached hydrogens (tertiary/aromatic N) is 2. The molecular weight excluding hydrogens is 276 g/mol. The Morgan fingerprint density at radius 2 is 2.30 bits per heavy atom.